The summed E-state index contributed by atoms with van der Waals surface area (Å²) < 4.78 is 25.3. The van der Waals surface area contributed by atoms with Crippen LogP contribution in [0.15, 0.2) is 18.2 Å². The van der Waals surface area contributed by atoms with E-state index in [4.69, 9.17) is 0 Å². The molecule has 2 atom stereocenters. The lowest BCUT2D eigenvalue weighted by atomic mass is 9.73. The van der Waals surface area contributed by atoms with Gasteiger partial charge in [-0.3, -0.25) is 14.3 Å². The summed E-state index contributed by atoms with van der Waals surface area (Å²) in [5.74, 6) is -1.96. The van der Waals surface area contributed by atoms with Crippen molar-refractivity contribution in [1.82, 2.24) is 5.32 Å². The van der Waals surface area contributed by atoms with Crippen molar-refractivity contribution in [2.24, 2.45) is 5.92 Å². The maximum absolute atomic E-state index is 12.6. The van der Waals surface area contributed by atoms with Crippen LogP contribution in [0.4, 0.5) is 5.69 Å². The first-order valence-corrected chi connectivity index (χ1v) is 10.0. The molecule has 1 aromatic rings. The molecule has 25 heavy (non-hydrogen) atoms. The van der Waals surface area contributed by atoms with E-state index in [0.29, 0.717) is 24.1 Å². The van der Waals surface area contributed by atoms with Gasteiger partial charge in [-0.25, -0.2) is 8.42 Å². The van der Waals surface area contributed by atoms with E-state index in [1.165, 1.54) is 6.07 Å². The summed E-state index contributed by atoms with van der Waals surface area (Å²) in [6.45, 7) is 3.49. The number of amides is 1. The van der Waals surface area contributed by atoms with Gasteiger partial charge in [0, 0.05) is 5.56 Å². The molecule has 2 unspecified atom stereocenters. The lowest BCUT2D eigenvalue weighted by Crippen LogP contribution is -2.55. The number of carboxylic acid groups (broad SMARTS) is 1. The molecular weight excluding hydrogens is 344 g/mol. The summed E-state index contributed by atoms with van der Waals surface area (Å²) in [5.41, 5.74) is 0.483. The summed E-state index contributed by atoms with van der Waals surface area (Å²) >= 11 is 0. The van der Waals surface area contributed by atoms with Crippen LogP contribution < -0.4 is 10.0 Å². The van der Waals surface area contributed by atoms with Crippen molar-refractivity contribution < 1.29 is 23.1 Å². The van der Waals surface area contributed by atoms with Crippen molar-refractivity contribution in [3.8, 4) is 0 Å². The Kier molecular flexibility index (Phi) is 5.41. The number of carbonyl (C=O) groups excluding carboxylic acids is 1. The molecule has 3 N–H and O–H groups in total. The van der Waals surface area contributed by atoms with E-state index in [1.54, 1.807) is 26.0 Å². The highest BCUT2D eigenvalue weighted by Gasteiger charge is 2.42. The Morgan fingerprint density at radius 2 is 1.96 bits per heavy atom. The Bertz CT molecular complexity index is 790. The molecule has 0 heterocycles. The van der Waals surface area contributed by atoms with Crippen LogP contribution >= 0.6 is 0 Å². The van der Waals surface area contributed by atoms with Crippen LogP contribution in [-0.4, -0.2) is 37.2 Å². The Hall–Kier alpha value is -2.09. The van der Waals surface area contributed by atoms with Gasteiger partial charge in [0.25, 0.3) is 5.91 Å². The molecule has 0 aliphatic heterocycles. The highest BCUT2D eigenvalue weighted by atomic mass is 32.2. The van der Waals surface area contributed by atoms with Gasteiger partial charge in [-0.15, -0.1) is 0 Å². The van der Waals surface area contributed by atoms with Gasteiger partial charge in [-0.05, 0) is 44.4 Å². The maximum atomic E-state index is 12.6. The number of sulfonamides is 1. The number of carbonyl (C=O) groups is 2. The Labute approximate surface area is 147 Å². The fraction of sp³-hybridized carbons (Fsp3) is 0.529. The smallest absolute Gasteiger partial charge is 0.308 e. The predicted molar refractivity (Wildman–Crippen MR) is 95.1 cm³/mol. The molecule has 1 aliphatic rings. The van der Waals surface area contributed by atoms with Crippen LogP contribution in [0.1, 0.15) is 48.5 Å². The Morgan fingerprint density at radius 3 is 2.56 bits per heavy atom. The zero-order chi connectivity index (χ0) is 18.8. The van der Waals surface area contributed by atoms with Crippen molar-refractivity contribution in [3.63, 3.8) is 0 Å². The maximum Gasteiger partial charge on any atom is 0.308 e. The quantitative estimate of drug-likeness (QED) is 0.737. The van der Waals surface area contributed by atoms with E-state index < -0.39 is 33.4 Å². The van der Waals surface area contributed by atoms with Crippen molar-refractivity contribution in [2.45, 2.75) is 45.1 Å². The molecule has 7 nitrogen and oxygen atoms in total. The minimum Gasteiger partial charge on any atom is -0.481 e. The van der Waals surface area contributed by atoms with Gasteiger partial charge in [0.1, 0.15) is 0 Å². The number of hydrogen-bond acceptors (Lipinski definition) is 4. The van der Waals surface area contributed by atoms with Crippen molar-refractivity contribution in [1.29, 1.82) is 0 Å². The minimum absolute atomic E-state index is 0.285. The van der Waals surface area contributed by atoms with Gasteiger partial charge in [0.2, 0.25) is 10.0 Å². The first kappa shape index (κ1) is 19.2. The number of benzene rings is 1. The molecule has 1 amide bonds. The molecule has 2 rings (SSSR count). The molecule has 0 radical (unpaired) electrons. The number of carboxylic acids is 1. The van der Waals surface area contributed by atoms with Crippen molar-refractivity contribution in [3.05, 3.63) is 29.3 Å². The molecular formula is C17H24N2O5S. The van der Waals surface area contributed by atoms with Crippen LogP contribution in [0, 0.1) is 12.8 Å². The van der Waals surface area contributed by atoms with Crippen molar-refractivity contribution >= 4 is 27.6 Å². The molecule has 0 saturated heterocycles. The second kappa shape index (κ2) is 7.03. The van der Waals surface area contributed by atoms with Gasteiger partial charge >= 0.3 is 5.97 Å². The van der Waals surface area contributed by atoms with Gasteiger partial charge in [0.05, 0.1) is 23.4 Å². The van der Waals surface area contributed by atoms with Gasteiger partial charge in [0.15, 0.2) is 0 Å². The fourth-order valence-electron chi connectivity index (χ4n) is 3.28. The van der Waals surface area contributed by atoms with Crippen LogP contribution in [0.2, 0.25) is 0 Å². The summed E-state index contributed by atoms with van der Waals surface area (Å²) in [5, 5.41) is 12.3. The largest absolute Gasteiger partial charge is 0.481 e. The van der Waals surface area contributed by atoms with Gasteiger partial charge < -0.3 is 10.4 Å². The minimum atomic E-state index is -3.46. The molecule has 1 saturated carbocycles. The number of nitrogens with one attached hydrogen (secondary N) is 2. The monoisotopic (exact) mass is 368 g/mol. The number of aryl methyl sites for hydroxylation is 1. The molecule has 0 spiro atoms. The summed E-state index contributed by atoms with van der Waals surface area (Å²) in [4.78, 5) is 24.1. The number of hydrogen-bond donors (Lipinski definition) is 3. The van der Waals surface area contributed by atoms with E-state index in [-0.39, 0.29) is 5.56 Å². The average Bonchev–Trinajstić information content (AvgIpc) is 2.47. The standard InChI is InChI=1S/C17H24N2O5S/c1-11-7-8-12(10-14(11)19-25(3,23)24)15(20)18-17(2)9-5-4-6-13(17)16(21)22/h7-8,10,13,19H,4-6,9H2,1-3H3,(H,18,20)(H,21,22). The van der Waals surface area contributed by atoms with E-state index in [9.17, 15) is 23.1 Å². The predicted octanol–water partition coefficient (Wildman–Crippen LogP) is 2.13. The molecule has 8 heteroatoms. The number of rotatable bonds is 5. The van der Waals surface area contributed by atoms with Crippen LogP contribution in [0.3, 0.4) is 0 Å². The summed E-state index contributed by atoms with van der Waals surface area (Å²) in [6.07, 6.45) is 3.85. The van der Waals surface area contributed by atoms with Gasteiger partial charge in [-0.2, -0.15) is 0 Å². The molecule has 1 aromatic carbocycles. The molecule has 1 fully saturated rings. The van der Waals surface area contributed by atoms with Crippen LogP contribution in [-0.2, 0) is 14.8 Å². The lowest BCUT2D eigenvalue weighted by Gasteiger charge is -2.39. The van der Waals surface area contributed by atoms with E-state index >= 15 is 0 Å². The summed E-state index contributed by atoms with van der Waals surface area (Å²) in [6, 6.07) is 4.72. The zero-order valence-corrected chi connectivity index (χ0v) is 15.4. The Morgan fingerprint density at radius 1 is 1.28 bits per heavy atom. The Balaban J connectivity index is 2.25. The van der Waals surface area contributed by atoms with Crippen molar-refractivity contribution in [2.75, 3.05) is 11.0 Å². The van der Waals surface area contributed by atoms with Crippen LogP contribution in [0.25, 0.3) is 0 Å². The fourth-order valence-corrected chi connectivity index (χ4v) is 3.90. The molecule has 1 aliphatic carbocycles. The molecule has 0 aromatic heterocycles. The zero-order valence-electron chi connectivity index (χ0n) is 14.6. The normalized spacial score (nSPS) is 23.7. The van der Waals surface area contributed by atoms with E-state index in [1.807, 2.05) is 0 Å². The third kappa shape index (κ3) is 4.72. The van der Waals surface area contributed by atoms with E-state index in [2.05, 4.69) is 10.0 Å². The summed E-state index contributed by atoms with van der Waals surface area (Å²) in [7, 11) is -3.46. The van der Waals surface area contributed by atoms with Crippen LogP contribution in [0.5, 0.6) is 0 Å². The molecule has 0 bridgehead atoms. The first-order chi connectivity index (χ1) is 11.5. The highest BCUT2D eigenvalue weighted by molar-refractivity contribution is 7.92. The molecule has 138 valence electrons. The second-order valence-corrected chi connectivity index (χ2v) is 8.66. The van der Waals surface area contributed by atoms with Gasteiger partial charge in [-0.1, -0.05) is 18.9 Å². The topological polar surface area (TPSA) is 113 Å². The number of anilines is 1. The lowest BCUT2D eigenvalue weighted by molar-refractivity contribution is -0.145. The third-order valence-electron chi connectivity index (χ3n) is 4.70. The average molecular weight is 368 g/mol. The second-order valence-electron chi connectivity index (χ2n) is 6.91. The highest BCUT2D eigenvalue weighted by Crippen LogP contribution is 2.34. The first-order valence-electron chi connectivity index (χ1n) is 8.15. The van der Waals surface area contributed by atoms with E-state index in [0.717, 1.165) is 19.1 Å². The third-order valence-corrected chi connectivity index (χ3v) is 5.29. The SMILES string of the molecule is Cc1ccc(C(=O)NC2(C)CCCCC2C(=O)O)cc1NS(C)(=O)=O. The number of aliphatic carboxylic acids is 1.